The summed E-state index contributed by atoms with van der Waals surface area (Å²) in [4.78, 5) is 1.47. The van der Waals surface area contributed by atoms with E-state index < -0.39 is 0 Å². The quantitative estimate of drug-likeness (QED) is 0.631. The van der Waals surface area contributed by atoms with Gasteiger partial charge in [0, 0.05) is 26.2 Å². The second kappa shape index (κ2) is 4.50. The summed E-state index contributed by atoms with van der Waals surface area (Å²) in [6, 6.07) is 16.9. The van der Waals surface area contributed by atoms with Crippen LogP contribution >= 0.6 is 11.3 Å². The summed E-state index contributed by atoms with van der Waals surface area (Å²) in [7, 11) is 0. The number of nitrogens with two attached hydrogens (primary N) is 1. The highest BCUT2D eigenvalue weighted by Gasteiger charge is 2.21. The van der Waals surface area contributed by atoms with E-state index in [1.54, 1.807) is 0 Å². The Kier molecular flexibility index (Phi) is 2.64. The Hall–Kier alpha value is -2.06. The fraction of sp³-hybridized carbons (Fsp3) is 0.111. The summed E-state index contributed by atoms with van der Waals surface area (Å²) in [5.41, 5.74) is 11.1. The third kappa shape index (κ3) is 1.69. The van der Waals surface area contributed by atoms with Crippen LogP contribution in [0.2, 0.25) is 0 Å². The van der Waals surface area contributed by atoms with Crippen molar-refractivity contribution in [1.29, 1.82) is 0 Å². The van der Waals surface area contributed by atoms with Gasteiger partial charge in [-0.2, -0.15) is 0 Å². The minimum Gasteiger partial charge on any atom is -0.398 e. The molecule has 3 aromatic rings. The van der Waals surface area contributed by atoms with Gasteiger partial charge in [-0.25, -0.2) is 0 Å². The molecule has 2 aromatic carbocycles. The average Bonchev–Trinajstić information content (AvgIpc) is 2.88. The predicted octanol–water partition coefficient (Wildman–Crippen LogP) is 4.86. The molecule has 2 heteroatoms. The Labute approximate surface area is 122 Å². The number of hydrogen-bond acceptors (Lipinski definition) is 2. The van der Waals surface area contributed by atoms with E-state index in [-0.39, 0.29) is 0 Å². The van der Waals surface area contributed by atoms with Gasteiger partial charge in [0.05, 0.1) is 0 Å². The highest BCUT2D eigenvalue weighted by molar-refractivity contribution is 7.19. The summed E-state index contributed by atoms with van der Waals surface area (Å²) < 4.78 is 1.30. The number of fused-ring (bicyclic) bond motifs is 3. The first-order valence-electron chi connectivity index (χ1n) is 6.90. The fourth-order valence-corrected chi connectivity index (χ4v) is 4.28. The van der Waals surface area contributed by atoms with E-state index in [4.69, 9.17) is 5.73 Å². The zero-order valence-electron chi connectivity index (χ0n) is 11.1. The van der Waals surface area contributed by atoms with E-state index in [0.717, 1.165) is 18.5 Å². The lowest BCUT2D eigenvalue weighted by Gasteiger charge is -2.15. The van der Waals surface area contributed by atoms with Crippen molar-refractivity contribution in [3.05, 3.63) is 70.6 Å². The van der Waals surface area contributed by atoms with E-state index in [9.17, 15) is 0 Å². The van der Waals surface area contributed by atoms with Crippen LogP contribution < -0.4 is 5.73 Å². The van der Waals surface area contributed by atoms with Crippen LogP contribution in [0.25, 0.3) is 15.7 Å². The molecule has 0 bridgehead atoms. The minimum absolute atomic E-state index is 0.892. The molecule has 0 unspecified atom stereocenters. The molecule has 1 aliphatic carbocycles. The van der Waals surface area contributed by atoms with Gasteiger partial charge in [-0.1, -0.05) is 42.5 Å². The topological polar surface area (TPSA) is 26.0 Å². The lowest BCUT2D eigenvalue weighted by molar-refractivity contribution is 1.01. The highest BCUT2D eigenvalue weighted by atomic mass is 32.1. The van der Waals surface area contributed by atoms with Gasteiger partial charge in [0.15, 0.2) is 0 Å². The van der Waals surface area contributed by atoms with Crippen molar-refractivity contribution < 1.29 is 0 Å². The molecule has 0 fully saturated rings. The standard InChI is InChI=1S/C18H15NS/c19-14-9-5-11-16-18(14)17-13(8-4-10-15(17)20-16)12-6-2-1-3-7-12/h1-3,5-9,11H,4,10,19H2. The lowest BCUT2D eigenvalue weighted by atomic mass is 9.89. The molecule has 20 heavy (non-hydrogen) atoms. The van der Waals surface area contributed by atoms with Gasteiger partial charge >= 0.3 is 0 Å². The fourth-order valence-electron chi connectivity index (χ4n) is 3.01. The third-order valence-corrected chi connectivity index (χ3v) is 5.11. The van der Waals surface area contributed by atoms with Crippen LogP contribution in [0.1, 0.15) is 22.4 Å². The first-order valence-corrected chi connectivity index (χ1v) is 7.72. The van der Waals surface area contributed by atoms with Crippen LogP contribution in [-0.2, 0) is 6.42 Å². The van der Waals surface area contributed by atoms with E-state index in [1.807, 2.05) is 23.5 Å². The lowest BCUT2D eigenvalue weighted by Crippen LogP contribution is -1.98. The molecule has 4 rings (SSSR count). The molecule has 0 saturated carbocycles. The molecule has 1 aromatic heterocycles. The summed E-state index contributed by atoms with van der Waals surface area (Å²) in [5, 5.41) is 1.24. The molecule has 1 nitrogen and oxygen atoms in total. The molecule has 1 heterocycles. The summed E-state index contributed by atoms with van der Waals surface area (Å²) in [5.74, 6) is 0. The molecule has 0 aliphatic heterocycles. The van der Waals surface area contributed by atoms with Gasteiger partial charge in [0.25, 0.3) is 0 Å². The second-order valence-corrected chi connectivity index (χ2v) is 6.28. The van der Waals surface area contributed by atoms with E-state index in [1.165, 1.54) is 31.7 Å². The zero-order valence-corrected chi connectivity index (χ0v) is 11.9. The Balaban J connectivity index is 2.03. The molecule has 98 valence electrons. The first-order chi connectivity index (χ1) is 9.84. The third-order valence-electron chi connectivity index (χ3n) is 3.89. The van der Waals surface area contributed by atoms with Crippen molar-refractivity contribution in [2.75, 3.05) is 5.73 Å². The maximum Gasteiger partial charge on any atom is 0.0408 e. The van der Waals surface area contributed by atoms with Crippen molar-refractivity contribution in [2.45, 2.75) is 12.8 Å². The molecular weight excluding hydrogens is 262 g/mol. The number of thiophene rings is 1. The van der Waals surface area contributed by atoms with Gasteiger partial charge < -0.3 is 5.73 Å². The molecule has 0 atom stereocenters. The Bertz CT molecular complexity index is 812. The summed E-state index contributed by atoms with van der Waals surface area (Å²) >= 11 is 1.89. The number of rotatable bonds is 1. The normalized spacial score (nSPS) is 14.1. The molecular formula is C18H15NS. The second-order valence-electron chi connectivity index (χ2n) is 5.14. The number of aryl methyl sites for hydroxylation is 1. The molecule has 0 radical (unpaired) electrons. The Morgan fingerprint density at radius 1 is 0.950 bits per heavy atom. The van der Waals surface area contributed by atoms with Crippen LogP contribution in [0, 0.1) is 0 Å². The largest absolute Gasteiger partial charge is 0.398 e. The van der Waals surface area contributed by atoms with Crippen molar-refractivity contribution in [3.63, 3.8) is 0 Å². The predicted molar refractivity (Wildman–Crippen MR) is 88.1 cm³/mol. The van der Waals surface area contributed by atoms with Gasteiger partial charge in [0.2, 0.25) is 0 Å². The van der Waals surface area contributed by atoms with Gasteiger partial charge in [-0.15, -0.1) is 11.3 Å². The number of anilines is 1. The first kappa shape index (κ1) is 11.7. The molecule has 0 amide bonds. The number of benzene rings is 2. The van der Waals surface area contributed by atoms with Crippen LogP contribution in [0.5, 0.6) is 0 Å². The smallest absolute Gasteiger partial charge is 0.0408 e. The molecule has 0 saturated heterocycles. The van der Waals surface area contributed by atoms with E-state index in [0.29, 0.717) is 0 Å². The summed E-state index contributed by atoms with van der Waals surface area (Å²) in [6.07, 6.45) is 4.60. The zero-order chi connectivity index (χ0) is 13.5. The molecule has 1 aliphatic rings. The van der Waals surface area contributed by atoms with Crippen LogP contribution in [-0.4, -0.2) is 0 Å². The SMILES string of the molecule is Nc1cccc2sc3c(c12)C(c1ccccc1)=CCC3. The van der Waals surface area contributed by atoms with E-state index in [2.05, 4.69) is 42.5 Å². The number of allylic oxidation sites excluding steroid dienone is 1. The number of hydrogen-bond donors (Lipinski definition) is 1. The van der Waals surface area contributed by atoms with Gasteiger partial charge in [0.1, 0.15) is 0 Å². The van der Waals surface area contributed by atoms with Crippen molar-refractivity contribution in [3.8, 4) is 0 Å². The average molecular weight is 277 g/mol. The van der Waals surface area contributed by atoms with Crippen molar-refractivity contribution in [1.82, 2.24) is 0 Å². The van der Waals surface area contributed by atoms with Gasteiger partial charge in [-0.05, 0) is 36.1 Å². The maximum atomic E-state index is 6.24. The Morgan fingerprint density at radius 3 is 2.65 bits per heavy atom. The summed E-state index contributed by atoms with van der Waals surface area (Å²) in [6.45, 7) is 0. The van der Waals surface area contributed by atoms with Crippen molar-refractivity contribution in [2.24, 2.45) is 0 Å². The van der Waals surface area contributed by atoms with Gasteiger partial charge in [-0.3, -0.25) is 0 Å². The van der Waals surface area contributed by atoms with Crippen LogP contribution in [0.3, 0.4) is 0 Å². The van der Waals surface area contributed by atoms with E-state index >= 15 is 0 Å². The van der Waals surface area contributed by atoms with Crippen molar-refractivity contribution >= 4 is 32.7 Å². The monoisotopic (exact) mass is 277 g/mol. The molecule has 2 N–H and O–H groups in total. The Morgan fingerprint density at radius 2 is 1.80 bits per heavy atom. The van der Waals surface area contributed by atoms with Crippen LogP contribution in [0.15, 0.2) is 54.6 Å². The van der Waals surface area contributed by atoms with Crippen LogP contribution in [0.4, 0.5) is 5.69 Å². The number of nitrogen functional groups attached to an aromatic ring is 1. The minimum atomic E-state index is 0.892. The molecule has 0 spiro atoms. The maximum absolute atomic E-state index is 6.24. The highest BCUT2D eigenvalue weighted by Crippen LogP contribution is 2.44.